The summed E-state index contributed by atoms with van der Waals surface area (Å²) in [6.45, 7) is 6.26. The summed E-state index contributed by atoms with van der Waals surface area (Å²) in [5.41, 5.74) is 4.57. The molecular weight excluding hydrogens is 469 g/mol. The highest BCUT2D eigenvalue weighted by Gasteiger charge is 2.22. The number of nitrogens with one attached hydrogen (secondary N) is 1. The minimum atomic E-state index is -1.11. The zero-order valence-electron chi connectivity index (χ0n) is 20.9. The Bertz CT molecular complexity index is 1380. The molecule has 4 rings (SSSR count). The van der Waals surface area contributed by atoms with Gasteiger partial charge in [-0.1, -0.05) is 69.3 Å². The van der Waals surface area contributed by atoms with Crippen molar-refractivity contribution in [2.45, 2.75) is 38.6 Å². The number of aliphatic carboxylic acids is 1. The first-order chi connectivity index (χ1) is 17.6. The van der Waals surface area contributed by atoms with Crippen LogP contribution in [0.3, 0.4) is 0 Å². The third-order valence-corrected chi connectivity index (χ3v) is 6.10. The van der Waals surface area contributed by atoms with E-state index in [9.17, 15) is 19.1 Å². The Morgan fingerprint density at radius 2 is 1.41 bits per heavy atom. The predicted octanol–water partition coefficient (Wildman–Crippen LogP) is 5.67. The highest BCUT2D eigenvalue weighted by atomic mass is 19.1. The normalized spacial score (nSPS) is 12.1. The molecule has 1 unspecified atom stereocenters. The number of hydrogen-bond acceptors (Lipinski definition) is 4. The molecule has 4 aromatic rings. The molecule has 6 nitrogen and oxygen atoms in total. The van der Waals surface area contributed by atoms with E-state index in [1.54, 1.807) is 48.8 Å². The van der Waals surface area contributed by atoms with Crippen molar-refractivity contribution in [3.8, 4) is 22.5 Å². The van der Waals surface area contributed by atoms with Crippen LogP contribution >= 0.6 is 0 Å². The summed E-state index contributed by atoms with van der Waals surface area (Å²) >= 11 is 0. The first-order valence-electron chi connectivity index (χ1n) is 11.9. The number of nitrogens with zero attached hydrogens (tertiary/aromatic N) is 2. The first kappa shape index (κ1) is 25.7. The highest BCUT2D eigenvalue weighted by molar-refractivity contribution is 5.96. The van der Waals surface area contributed by atoms with Crippen molar-refractivity contribution in [1.82, 2.24) is 15.3 Å². The van der Waals surface area contributed by atoms with Crippen LogP contribution in [0.15, 0.2) is 85.2 Å². The molecule has 0 saturated carbocycles. The standard InChI is InChI=1S/C30H28FN3O3/c1-30(2,3)24-12-8-22(9-13-24)28(35)34-26(29(36)37)16-19-4-6-21(7-5-19)27-32-17-23(18-33-27)20-10-14-25(31)15-11-20/h4-15,17-18,26H,16H2,1-3H3,(H,34,35)(H,36,37). The summed E-state index contributed by atoms with van der Waals surface area (Å²) in [4.78, 5) is 33.4. The van der Waals surface area contributed by atoms with Crippen LogP contribution in [0, 0.1) is 5.82 Å². The average Bonchev–Trinajstić information content (AvgIpc) is 2.89. The van der Waals surface area contributed by atoms with Crippen LogP contribution in [0.1, 0.15) is 42.3 Å². The predicted molar refractivity (Wildman–Crippen MR) is 141 cm³/mol. The lowest BCUT2D eigenvalue weighted by atomic mass is 9.86. The van der Waals surface area contributed by atoms with Crippen LogP contribution in [0.4, 0.5) is 4.39 Å². The van der Waals surface area contributed by atoms with Gasteiger partial charge >= 0.3 is 5.97 Å². The average molecular weight is 498 g/mol. The molecule has 0 fully saturated rings. The van der Waals surface area contributed by atoms with Gasteiger partial charge in [-0.25, -0.2) is 19.2 Å². The summed E-state index contributed by atoms with van der Waals surface area (Å²) < 4.78 is 13.1. The van der Waals surface area contributed by atoms with Gasteiger partial charge in [0.05, 0.1) is 0 Å². The molecule has 0 aliphatic heterocycles. The minimum absolute atomic E-state index is 0.0412. The number of benzene rings is 3. The van der Waals surface area contributed by atoms with E-state index >= 15 is 0 Å². The van der Waals surface area contributed by atoms with Crippen molar-refractivity contribution < 1.29 is 19.1 Å². The summed E-state index contributed by atoms with van der Waals surface area (Å²) in [7, 11) is 0. The summed E-state index contributed by atoms with van der Waals surface area (Å²) in [5, 5.41) is 12.3. The van der Waals surface area contributed by atoms with Gasteiger partial charge in [-0.3, -0.25) is 4.79 Å². The van der Waals surface area contributed by atoms with Crippen molar-refractivity contribution in [2.24, 2.45) is 0 Å². The van der Waals surface area contributed by atoms with Gasteiger partial charge in [0.25, 0.3) is 5.91 Å². The third kappa shape index (κ3) is 6.44. The molecule has 37 heavy (non-hydrogen) atoms. The highest BCUT2D eigenvalue weighted by Crippen LogP contribution is 2.23. The lowest BCUT2D eigenvalue weighted by molar-refractivity contribution is -0.139. The molecule has 3 aromatic carbocycles. The van der Waals surface area contributed by atoms with Gasteiger partial charge in [0.1, 0.15) is 11.9 Å². The second kappa shape index (κ2) is 10.7. The Labute approximate surface area is 215 Å². The molecule has 0 bridgehead atoms. The molecule has 0 radical (unpaired) electrons. The molecule has 0 aliphatic carbocycles. The molecule has 1 amide bonds. The van der Waals surface area contributed by atoms with Crippen molar-refractivity contribution in [1.29, 1.82) is 0 Å². The van der Waals surface area contributed by atoms with Crippen LogP contribution < -0.4 is 5.32 Å². The number of carbonyl (C=O) groups is 2. The van der Waals surface area contributed by atoms with E-state index in [-0.39, 0.29) is 17.7 Å². The van der Waals surface area contributed by atoms with Gasteiger partial charge < -0.3 is 10.4 Å². The Kier molecular flexibility index (Phi) is 7.43. The number of hydrogen-bond donors (Lipinski definition) is 2. The number of aromatic nitrogens is 2. The molecule has 1 atom stereocenters. The third-order valence-electron chi connectivity index (χ3n) is 6.10. The lowest BCUT2D eigenvalue weighted by Crippen LogP contribution is -2.42. The zero-order chi connectivity index (χ0) is 26.6. The van der Waals surface area contributed by atoms with E-state index < -0.39 is 17.9 Å². The van der Waals surface area contributed by atoms with Crippen molar-refractivity contribution in [3.63, 3.8) is 0 Å². The maximum atomic E-state index is 13.1. The Morgan fingerprint density at radius 3 is 1.95 bits per heavy atom. The maximum absolute atomic E-state index is 13.1. The van der Waals surface area contributed by atoms with Crippen molar-refractivity contribution in [3.05, 3.63) is 108 Å². The number of halogens is 1. The van der Waals surface area contributed by atoms with Gasteiger partial charge in [0.2, 0.25) is 0 Å². The first-order valence-corrected chi connectivity index (χ1v) is 11.9. The number of amides is 1. The largest absolute Gasteiger partial charge is 0.480 e. The fraction of sp³-hybridized carbons (Fsp3) is 0.200. The van der Waals surface area contributed by atoms with E-state index in [0.29, 0.717) is 11.4 Å². The summed E-state index contributed by atoms with van der Waals surface area (Å²) in [5.74, 6) is -1.33. The number of carbonyl (C=O) groups excluding carboxylic acids is 1. The fourth-order valence-electron chi connectivity index (χ4n) is 3.86. The Hall–Kier alpha value is -4.39. The Balaban J connectivity index is 1.42. The van der Waals surface area contributed by atoms with E-state index in [0.717, 1.165) is 27.8 Å². The smallest absolute Gasteiger partial charge is 0.326 e. The molecular formula is C30H28FN3O3. The quantitative estimate of drug-likeness (QED) is 0.343. The van der Waals surface area contributed by atoms with Gasteiger partial charge in [-0.15, -0.1) is 0 Å². The molecule has 0 saturated heterocycles. The lowest BCUT2D eigenvalue weighted by Gasteiger charge is -2.19. The molecule has 7 heteroatoms. The van der Waals surface area contributed by atoms with Gasteiger partial charge in [-0.2, -0.15) is 0 Å². The summed E-state index contributed by atoms with van der Waals surface area (Å²) in [6.07, 6.45) is 3.48. The van der Waals surface area contributed by atoms with Crippen LogP contribution in [0.5, 0.6) is 0 Å². The molecule has 0 spiro atoms. The van der Waals surface area contributed by atoms with Crippen LogP contribution in [0.25, 0.3) is 22.5 Å². The molecule has 0 aliphatic rings. The molecule has 188 valence electrons. The molecule has 1 aromatic heterocycles. The van der Waals surface area contributed by atoms with Crippen LogP contribution in [-0.4, -0.2) is 33.0 Å². The monoisotopic (exact) mass is 497 g/mol. The van der Waals surface area contributed by atoms with Gasteiger partial charge in [-0.05, 0) is 46.4 Å². The number of rotatable bonds is 7. The topological polar surface area (TPSA) is 92.2 Å². The fourth-order valence-corrected chi connectivity index (χ4v) is 3.86. The molecule has 2 N–H and O–H groups in total. The Morgan fingerprint density at radius 1 is 0.838 bits per heavy atom. The van der Waals surface area contributed by atoms with Gasteiger partial charge in [0.15, 0.2) is 5.82 Å². The second-order valence-electron chi connectivity index (χ2n) is 9.89. The van der Waals surface area contributed by atoms with Crippen molar-refractivity contribution in [2.75, 3.05) is 0 Å². The van der Waals surface area contributed by atoms with E-state index in [2.05, 4.69) is 36.1 Å². The SMILES string of the molecule is CC(C)(C)c1ccc(C(=O)NC(Cc2ccc(-c3ncc(-c4ccc(F)cc4)cn3)cc2)C(=O)O)cc1. The van der Waals surface area contributed by atoms with E-state index in [1.807, 2.05) is 24.3 Å². The van der Waals surface area contributed by atoms with Gasteiger partial charge in [0, 0.05) is 35.5 Å². The summed E-state index contributed by atoms with van der Waals surface area (Å²) in [6, 6.07) is 19.5. The second-order valence-corrected chi connectivity index (χ2v) is 9.89. The van der Waals surface area contributed by atoms with Crippen LogP contribution in [-0.2, 0) is 16.6 Å². The van der Waals surface area contributed by atoms with Crippen molar-refractivity contribution >= 4 is 11.9 Å². The maximum Gasteiger partial charge on any atom is 0.326 e. The number of carboxylic acid groups (broad SMARTS) is 1. The number of carboxylic acids is 1. The van der Waals surface area contributed by atoms with E-state index in [1.165, 1.54) is 12.1 Å². The zero-order valence-corrected chi connectivity index (χ0v) is 20.9. The van der Waals surface area contributed by atoms with E-state index in [4.69, 9.17) is 0 Å². The minimum Gasteiger partial charge on any atom is -0.480 e. The molecule has 1 heterocycles. The van der Waals surface area contributed by atoms with Crippen LogP contribution in [0.2, 0.25) is 0 Å².